The second-order valence-electron chi connectivity index (χ2n) is 4.19. The van der Waals surface area contributed by atoms with Gasteiger partial charge in [-0.2, -0.15) is 0 Å². The lowest BCUT2D eigenvalue weighted by Gasteiger charge is -2.13. The topological polar surface area (TPSA) is 75.1 Å². The quantitative estimate of drug-likeness (QED) is 0.846. The molecule has 2 N–H and O–H groups in total. The lowest BCUT2D eigenvalue weighted by Crippen LogP contribution is -2.10. The van der Waals surface area contributed by atoms with E-state index in [1.165, 1.54) is 16.7 Å². The van der Waals surface area contributed by atoms with E-state index < -0.39 is 5.97 Å². The van der Waals surface area contributed by atoms with Gasteiger partial charge in [0.2, 0.25) is 0 Å². The van der Waals surface area contributed by atoms with Crippen molar-refractivity contribution in [2.24, 2.45) is 0 Å². The third-order valence-corrected chi connectivity index (χ3v) is 3.35. The Hall–Kier alpha value is -1.66. The van der Waals surface area contributed by atoms with Crippen LogP contribution < -0.4 is 5.32 Å². The van der Waals surface area contributed by atoms with Gasteiger partial charge in [0.1, 0.15) is 10.2 Å². The van der Waals surface area contributed by atoms with Crippen LogP contribution in [-0.4, -0.2) is 27.1 Å². The molecule has 0 aromatic carbocycles. The second kappa shape index (κ2) is 5.54. The van der Waals surface area contributed by atoms with Gasteiger partial charge in [-0.15, -0.1) is 11.3 Å². The molecule has 2 aromatic heterocycles. The van der Waals surface area contributed by atoms with E-state index in [1.54, 1.807) is 12.3 Å². The first-order valence-electron chi connectivity index (χ1n) is 5.58. The molecule has 0 amide bonds. The predicted molar refractivity (Wildman–Crippen MR) is 76.1 cm³/mol. The third kappa shape index (κ3) is 3.21. The number of carboxylic acid groups (broad SMARTS) is 1. The SMILES string of the molecule is CC(C)Nc1cc(Cl)ncc1-c1nc(C(=O)O)cs1. The number of hydrogen-bond acceptors (Lipinski definition) is 5. The summed E-state index contributed by atoms with van der Waals surface area (Å²) in [6.45, 7) is 4.01. The number of aromatic nitrogens is 2. The minimum Gasteiger partial charge on any atom is -0.476 e. The monoisotopic (exact) mass is 297 g/mol. The summed E-state index contributed by atoms with van der Waals surface area (Å²) in [4.78, 5) is 18.9. The molecule has 0 aliphatic heterocycles. The van der Waals surface area contributed by atoms with E-state index in [0.29, 0.717) is 10.2 Å². The van der Waals surface area contributed by atoms with Crippen molar-refractivity contribution in [2.75, 3.05) is 5.32 Å². The maximum absolute atomic E-state index is 10.9. The first-order chi connectivity index (χ1) is 8.97. The van der Waals surface area contributed by atoms with E-state index in [4.69, 9.17) is 16.7 Å². The lowest BCUT2D eigenvalue weighted by molar-refractivity contribution is 0.0691. The minimum atomic E-state index is -1.04. The largest absolute Gasteiger partial charge is 0.476 e. The summed E-state index contributed by atoms with van der Waals surface area (Å²) in [6.07, 6.45) is 1.59. The summed E-state index contributed by atoms with van der Waals surface area (Å²) in [5, 5.41) is 14.6. The first-order valence-corrected chi connectivity index (χ1v) is 6.84. The number of nitrogens with one attached hydrogen (secondary N) is 1. The Labute approximate surface area is 119 Å². The Balaban J connectivity index is 2.45. The molecular formula is C12H12ClN3O2S. The molecule has 100 valence electrons. The van der Waals surface area contributed by atoms with Crippen LogP contribution in [-0.2, 0) is 0 Å². The molecule has 0 aliphatic carbocycles. The fourth-order valence-electron chi connectivity index (χ4n) is 1.53. The van der Waals surface area contributed by atoms with Crippen LogP contribution in [0.3, 0.4) is 0 Å². The highest BCUT2D eigenvalue weighted by molar-refractivity contribution is 7.13. The zero-order valence-electron chi connectivity index (χ0n) is 10.3. The van der Waals surface area contributed by atoms with Gasteiger partial charge in [-0.25, -0.2) is 14.8 Å². The molecule has 7 heteroatoms. The Morgan fingerprint density at radius 1 is 1.53 bits per heavy atom. The number of pyridine rings is 1. The maximum Gasteiger partial charge on any atom is 0.355 e. The summed E-state index contributed by atoms with van der Waals surface area (Å²) in [5.74, 6) is -1.04. The van der Waals surface area contributed by atoms with Gasteiger partial charge in [-0.1, -0.05) is 11.6 Å². The standard InChI is InChI=1S/C12H12ClN3O2S/c1-6(2)15-8-3-10(13)14-4-7(8)11-16-9(5-19-11)12(17)18/h3-6H,1-2H3,(H,14,15)(H,17,18). The van der Waals surface area contributed by atoms with Gasteiger partial charge in [0.15, 0.2) is 5.69 Å². The summed E-state index contributed by atoms with van der Waals surface area (Å²) in [7, 11) is 0. The third-order valence-electron chi connectivity index (χ3n) is 2.27. The molecule has 0 radical (unpaired) electrons. The van der Waals surface area contributed by atoms with Crippen molar-refractivity contribution in [1.82, 2.24) is 9.97 Å². The molecule has 2 aromatic rings. The van der Waals surface area contributed by atoms with Gasteiger partial charge in [0, 0.05) is 23.3 Å². The summed E-state index contributed by atoms with van der Waals surface area (Å²) >= 11 is 7.14. The molecular weight excluding hydrogens is 286 g/mol. The number of halogens is 1. The van der Waals surface area contributed by atoms with Gasteiger partial charge in [0.25, 0.3) is 0 Å². The zero-order chi connectivity index (χ0) is 14.0. The predicted octanol–water partition coefficient (Wildman–Crippen LogP) is 3.38. The van der Waals surface area contributed by atoms with Crippen LogP contribution in [0.2, 0.25) is 5.15 Å². The number of nitrogens with zero attached hydrogens (tertiary/aromatic N) is 2. The molecule has 19 heavy (non-hydrogen) atoms. The highest BCUT2D eigenvalue weighted by Crippen LogP contribution is 2.31. The van der Waals surface area contributed by atoms with E-state index in [0.717, 1.165) is 11.3 Å². The molecule has 0 atom stereocenters. The molecule has 0 aliphatic rings. The zero-order valence-corrected chi connectivity index (χ0v) is 11.9. The van der Waals surface area contributed by atoms with Gasteiger partial charge in [-0.05, 0) is 19.9 Å². The molecule has 2 rings (SSSR count). The van der Waals surface area contributed by atoms with Crippen LogP contribution in [0, 0.1) is 0 Å². The molecule has 0 bridgehead atoms. The van der Waals surface area contributed by atoms with Crippen LogP contribution in [0.5, 0.6) is 0 Å². The second-order valence-corrected chi connectivity index (χ2v) is 5.44. The van der Waals surface area contributed by atoms with Gasteiger partial charge >= 0.3 is 5.97 Å². The van der Waals surface area contributed by atoms with Crippen molar-refractivity contribution < 1.29 is 9.90 Å². The van der Waals surface area contributed by atoms with Crippen molar-refractivity contribution >= 4 is 34.6 Å². The van der Waals surface area contributed by atoms with Crippen LogP contribution in [0.1, 0.15) is 24.3 Å². The lowest BCUT2D eigenvalue weighted by atomic mass is 10.2. The van der Waals surface area contributed by atoms with Crippen molar-refractivity contribution in [3.8, 4) is 10.6 Å². The van der Waals surface area contributed by atoms with Crippen molar-refractivity contribution in [2.45, 2.75) is 19.9 Å². The smallest absolute Gasteiger partial charge is 0.355 e. The van der Waals surface area contributed by atoms with Crippen LogP contribution in [0.15, 0.2) is 17.6 Å². The van der Waals surface area contributed by atoms with E-state index in [1.807, 2.05) is 13.8 Å². The average molecular weight is 298 g/mol. The van der Waals surface area contributed by atoms with Crippen LogP contribution >= 0.6 is 22.9 Å². The van der Waals surface area contributed by atoms with Gasteiger partial charge in [0.05, 0.1) is 5.56 Å². The molecule has 5 nitrogen and oxygen atoms in total. The number of aromatic carboxylic acids is 1. The molecule has 0 unspecified atom stereocenters. The highest BCUT2D eigenvalue weighted by Gasteiger charge is 2.14. The molecule has 0 saturated carbocycles. The Morgan fingerprint density at radius 2 is 2.26 bits per heavy atom. The number of carbonyl (C=O) groups is 1. The molecule has 0 fully saturated rings. The highest BCUT2D eigenvalue weighted by atomic mass is 35.5. The first kappa shape index (κ1) is 13.8. The van der Waals surface area contributed by atoms with Crippen molar-refractivity contribution in [1.29, 1.82) is 0 Å². The van der Waals surface area contributed by atoms with Crippen molar-refractivity contribution in [3.05, 3.63) is 28.5 Å². The maximum atomic E-state index is 10.9. The molecule has 0 saturated heterocycles. The van der Waals surface area contributed by atoms with Crippen LogP contribution in [0.25, 0.3) is 10.6 Å². The Morgan fingerprint density at radius 3 is 2.84 bits per heavy atom. The summed E-state index contributed by atoms with van der Waals surface area (Å²) in [6, 6.07) is 1.93. The average Bonchev–Trinajstić information content (AvgIpc) is 2.77. The van der Waals surface area contributed by atoms with E-state index in [-0.39, 0.29) is 11.7 Å². The normalized spacial score (nSPS) is 10.7. The fraction of sp³-hybridized carbons (Fsp3) is 0.250. The number of thiazole rings is 1. The van der Waals surface area contributed by atoms with Crippen molar-refractivity contribution in [3.63, 3.8) is 0 Å². The van der Waals surface area contributed by atoms with E-state index in [2.05, 4.69) is 15.3 Å². The summed E-state index contributed by atoms with van der Waals surface area (Å²) < 4.78 is 0. The number of hydrogen-bond donors (Lipinski definition) is 2. The van der Waals surface area contributed by atoms with Crippen LogP contribution in [0.4, 0.5) is 5.69 Å². The van der Waals surface area contributed by atoms with E-state index >= 15 is 0 Å². The number of anilines is 1. The Kier molecular flexibility index (Phi) is 4.01. The van der Waals surface area contributed by atoms with Gasteiger partial charge < -0.3 is 10.4 Å². The summed E-state index contributed by atoms with van der Waals surface area (Å²) in [5.41, 5.74) is 1.57. The van der Waals surface area contributed by atoms with Gasteiger partial charge in [-0.3, -0.25) is 0 Å². The number of carboxylic acids is 1. The Bertz CT molecular complexity index is 613. The fourth-order valence-corrected chi connectivity index (χ4v) is 2.50. The van der Waals surface area contributed by atoms with E-state index in [9.17, 15) is 4.79 Å². The number of rotatable bonds is 4. The minimum absolute atomic E-state index is 0.0328. The molecule has 2 heterocycles. The molecule has 0 spiro atoms.